The molecule has 0 atom stereocenters. The molecule has 158 valence electrons. The van der Waals surface area contributed by atoms with Crippen LogP contribution in [0.5, 0.6) is 0 Å². The molecule has 0 radical (unpaired) electrons. The lowest BCUT2D eigenvalue weighted by Gasteiger charge is -2.33. The lowest BCUT2D eigenvalue weighted by atomic mass is 9.86. The van der Waals surface area contributed by atoms with E-state index in [0.717, 1.165) is 32.1 Å². The Kier molecular flexibility index (Phi) is 7.83. The van der Waals surface area contributed by atoms with Crippen LogP contribution in [0.3, 0.4) is 0 Å². The van der Waals surface area contributed by atoms with E-state index in [2.05, 4.69) is 6.58 Å². The van der Waals surface area contributed by atoms with Gasteiger partial charge < -0.3 is 14.0 Å². The van der Waals surface area contributed by atoms with Crippen molar-refractivity contribution in [1.82, 2.24) is 0 Å². The van der Waals surface area contributed by atoms with Crippen molar-refractivity contribution in [3.05, 3.63) is 12.2 Å². The molecule has 27 heavy (non-hydrogen) atoms. The topological polar surface area (TPSA) is 92.7 Å². The van der Waals surface area contributed by atoms with E-state index < -0.39 is 52.3 Å². The van der Waals surface area contributed by atoms with Crippen LogP contribution in [0.25, 0.3) is 0 Å². The second-order valence-corrected chi connectivity index (χ2v) is 8.26. The van der Waals surface area contributed by atoms with E-state index in [9.17, 15) is 35.3 Å². The van der Waals surface area contributed by atoms with E-state index in [4.69, 9.17) is 9.47 Å². The van der Waals surface area contributed by atoms with Crippen molar-refractivity contribution in [2.45, 2.75) is 68.6 Å². The van der Waals surface area contributed by atoms with Crippen molar-refractivity contribution in [1.29, 1.82) is 0 Å². The quantitative estimate of drug-likeness (QED) is 0.177. The van der Waals surface area contributed by atoms with Gasteiger partial charge in [-0.05, 0) is 39.0 Å². The molecule has 0 bridgehead atoms. The highest BCUT2D eigenvalue weighted by Crippen LogP contribution is 2.41. The van der Waals surface area contributed by atoms with Crippen molar-refractivity contribution in [2.24, 2.45) is 0 Å². The Hall–Kier alpha value is -1.20. The number of rotatable bonds is 10. The molecule has 0 aromatic heterocycles. The third-order valence-electron chi connectivity index (χ3n) is 4.33. The van der Waals surface area contributed by atoms with Gasteiger partial charge in [-0.2, -0.15) is 17.6 Å². The fourth-order valence-electron chi connectivity index (χ4n) is 2.68. The van der Waals surface area contributed by atoms with E-state index in [0.29, 0.717) is 0 Å². The average Bonchev–Trinajstić information content (AvgIpc) is 2.53. The van der Waals surface area contributed by atoms with Gasteiger partial charge in [-0.3, -0.25) is 0 Å². The van der Waals surface area contributed by atoms with Gasteiger partial charge in [-0.25, -0.2) is 13.2 Å². The summed E-state index contributed by atoms with van der Waals surface area (Å²) in [5, 5.41) is -5.71. The second kappa shape index (κ2) is 8.87. The van der Waals surface area contributed by atoms with E-state index in [1.54, 1.807) is 0 Å². The monoisotopic (exact) mass is 419 g/mol. The minimum absolute atomic E-state index is 0.0546. The maximum Gasteiger partial charge on any atom is 0.396 e. The molecule has 0 heterocycles. The van der Waals surface area contributed by atoms with Gasteiger partial charge in [0.1, 0.15) is 5.60 Å². The minimum Gasteiger partial charge on any atom is -0.743 e. The molecule has 1 saturated carbocycles. The molecule has 0 aromatic rings. The Morgan fingerprint density at radius 1 is 1.19 bits per heavy atom. The van der Waals surface area contributed by atoms with Crippen LogP contribution in [0.15, 0.2) is 12.2 Å². The number of alkyl halides is 4. The van der Waals surface area contributed by atoms with Crippen LogP contribution in [0.1, 0.15) is 51.9 Å². The molecule has 0 unspecified atom stereocenters. The van der Waals surface area contributed by atoms with E-state index in [1.807, 2.05) is 6.92 Å². The number of halogens is 4. The second-order valence-electron chi connectivity index (χ2n) is 6.84. The first-order valence-electron chi connectivity index (χ1n) is 8.42. The van der Waals surface area contributed by atoms with Crippen molar-refractivity contribution in [3.8, 4) is 0 Å². The van der Waals surface area contributed by atoms with Gasteiger partial charge >= 0.3 is 17.1 Å². The summed E-state index contributed by atoms with van der Waals surface area (Å²) in [6.45, 7) is 4.48. The molecule has 1 aliphatic rings. The predicted molar refractivity (Wildman–Crippen MR) is 86.4 cm³/mol. The number of carbonyl (C=O) groups is 1. The minimum atomic E-state index is -6.50. The van der Waals surface area contributed by atoms with Crippen LogP contribution in [-0.4, -0.2) is 48.9 Å². The molecular formula is C16H23F4O6S-. The number of hydrogen-bond acceptors (Lipinski definition) is 6. The molecule has 0 aliphatic heterocycles. The van der Waals surface area contributed by atoms with Gasteiger partial charge in [-0.15, -0.1) is 0 Å². The Balaban J connectivity index is 2.37. The Morgan fingerprint density at radius 2 is 1.74 bits per heavy atom. The molecule has 1 fully saturated rings. The van der Waals surface area contributed by atoms with Gasteiger partial charge in [0.05, 0.1) is 12.2 Å². The first kappa shape index (κ1) is 23.8. The molecule has 0 spiro atoms. The van der Waals surface area contributed by atoms with Crippen LogP contribution in [-0.2, 0) is 24.4 Å². The summed E-state index contributed by atoms with van der Waals surface area (Å²) in [6, 6.07) is 0. The molecule has 0 aromatic carbocycles. The number of hydrogen-bond donors (Lipinski definition) is 0. The molecule has 0 N–H and O–H groups in total. The lowest BCUT2D eigenvalue weighted by molar-refractivity contribution is -0.166. The van der Waals surface area contributed by atoms with Gasteiger partial charge in [-0.1, -0.05) is 13.0 Å². The maximum atomic E-state index is 13.2. The molecule has 0 saturated heterocycles. The SMILES string of the molecule is C=C(COCCCC(F)(F)C(F)(F)S(=O)(=O)[O-])C(=O)OC1(C)CCCCC1. The van der Waals surface area contributed by atoms with E-state index in [1.165, 1.54) is 0 Å². The van der Waals surface area contributed by atoms with E-state index >= 15 is 0 Å². The maximum absolute atomic E-state index is 13.2. The Bertz CT molecular complexity index is 641. The number of esters is 1. The average molecular weight is 419 g/mol. The first-order valence-corrected chi connectivity index (χ1v) is 9.83. The van der Waals surface area contributed by atoms with E-state index in [-0.39, 0.29) is 12.2 Å². The molecule has 1 aliphatic carbocycles. The van der Waals surface area contributed by atoms with Crippen molar-refractivity contribution >= 4 is 16.1 Å². The summed E-state index contributed by atoms with van der Waals surface area (Å²) >= 11 is 0. The van der Waals surface area contributed by atoms with Gasteiger partial charge in [0.15, 0.2) is 10.1 Å². The van der Waals surface area contributed by atoms with Crippen LogP contribution in [0.2, 0.25) is 0 Å². The van der Waals surface area contributed by atoms with Crippen LogP contribution in [0, 0.1) is 0 Å². The third kappa shape index (κ3) is 6.42. The molecule has 0 amide bonds. The highest BCUT2D eigenvalue weighted by Gasteiger charge is 2.60. The Morgan fingerprint density at radius 3 is 2.26 bits per heavy atom. The summed E-state index contributed by atoms with van der Waals surface area (Å²) in [7, 11) is -6.50. The first-order chi connectivity index (χ1) is 12.2. The summed E-state index contributed by atoms with van der Waals surface area (Å²) in [4.78, 5) is 12.0. The van der Waals surface area contributed by atoms with Crippen LogP contribution in [0.4, 0.5) is 17.6 Å². The zero-order valence-electron chi connectivity index (χ0n) is 14.9. The summed E-state index contributed by atoms with van der Waals surface area (Å²) in [5.74, 6) is -5.71. The summed E-state index contributed by atoms with van der Waals surface area (Å²) < 4.78 is 93.5. The highest BCUT2D eigenvalue weighted by atomic mass is 32.2. The largest absolute Gasteiger partial charge is 0.743 e. The van der Waals surface area contributed by atoms with Crippen molar-refractivity contribution in [3.63, 3.8) is 0 Å². The molecule has 6 nitrogen and oxygen atoms in total. The molecule has 1 rings (SSSR count). The fraction of sp³-hybridized carbons (Fsp3) is 0.812. The normalized spacial score (nSPS) is 18.1. The zero-order valence-corrected chi connectivity index (χ0v) is 15.8. The number of carbonyl (C=O) groups excluding carboxylic acids is 1. The van der Waals surface area contributed by atoms with Gasteiger partial charge in [0.2, 0.25) is 0 Å². The van der Waals surface area contributed by atoms with Gasteiger partial charge in [0, 0.05) is 13.0 Å². The fourth-order valence-corrected chi connectivity index (χ4v) is 3.14. The van der Waals surface area contributed by atoms with Gasteiger partial charge in [0.25, 0.3) is 0 Å². The smallest absolute Gasteiger partial charge is 0.396 e. The van der Waals surface area contributed by atoms with Crippen LogP contribution >= 0.6 is 0 Å². The third-order valence-corrected chi connectivity index (χ3v) is 5.26. The summed E-state index contributed by atoms with van der Waals surface area (Å²) in [5.41, 5.74) is -0.642. The summed E-state index contributed by atoms with van der Waals surface area (Å²) in [6.07, 6.45) is 2.15. The Labute approximate surface area is 155 Å². The van der Waals surface area contributed by atoms with Crippen molar-refractivity contribution in [2.75, 3.05) is 13.2 Å². The van der Waals surface area contributed by atoms with Crippen LogP contribution < -0.4 is 0 Å². The molecular weight excluding hydrogens is 396 g/mol. The zero-order chi connectivity index (χ0) is 20.9. The predicted octanol–water partition coefficient (Wildman–Crippen LogP) is 3.38. The number of ether oxygens (including phenoxy) is 2. The highest BCUT2D eigenvalue weighted by molar-refractivity contribution is 7.86. The standard InChI is InChI=1S/C16H24F4O6S/c1-12(13(21)26-14(2)7-4-3-5-8-14)11-25-10-6-9-15(17,18)16(19,20)27(22,23)24/h1,3-11H2,2H3,(H,22,23,24)/p-1. The lowest BCUT2D eigenvalue weighted by Crippen LogP contribution is -2.46. The molecule has 11 heteroatoms. The van der Waals surface area contributed by atoms with Crippen molar-refractivity contribution < 1.29 is 44.8 Å².